The Morgan fingerprint density at radius 1 is 1.15 bits per heavy atom. The Morgan fingerprint density at radius 3 is 2.67 bits per heavy atom. The van der Waals surface area contributed by atoms with Crippen molar-refractivity contribution in [3.05, 3.63) is 89.5 Å². The maximum atomic E-state index is 14.1. The summed E-state index contributed by atoms with van der Waals surface area (Å²) >= 11 is 0. The third-order valence-corrected chi connectivity index (χ3v) is 3.93. The first-order valence-electron chi connectivity index (χ1n) is 8.48. The van der Waals surface area contributed by atoms with Gasteiger partial charge in [-0.2, -0.15) is 0 Å². The van der Waals surface area contributed by atoms with Gasteiger partial charge >= 0.3 is 5.97 Å². The summed E-state index contributed by atoms with van der Waals surface area (Å²) in [5, 5.41) is 0. The Balaban J connectivity index is 2.05. The number of nitrogens with zero attached hydrogens (tertiary/aromatic N) is 2. The van der Waals surface area contributed by atoms with Crippen LogP contribution in [0.5, 0.6) is 0 Å². The van der Waals surface area contributed by atoms with Gasteiger partial charge in [0, 0.05) is 24.5 Å². The zero-order chi connectivity index (χ0) is 19.2. The Hall–Kier alpha value is -3.28. The van der Waals surface area contributed by atoms with Crippen LogP contribution in [-0.2, 0) is 16.1 Å². The van der Waals surface area contributed by atoms with Crippen LogP contribution < -0.4 is 0 Å². The molecule has 3 aromatic rings. The lowest BCUT2D eigenvalue weighted by molar-refractivity contribution is -0.136. The molecule has 0 aliphatic rings. The molecule has 0 radical (unpaired) electrons. The van der Waals surface area contributed by atoms with Crippen LogP contribution in [0.15, 0.2) is 60.9 Å². The second-order valence-electron chi connectivity index (χ2n) is 5.79. The Morgan fingerprint density at radius 2 is 1.93 bits per heavy atom. The zero-order valence-corrected chi connectivity index (χ0v) is 14.7. The van der Waals surface area contributed by atoms with Crippen molar-refractivity contribution in [2.45, 2.75) is 13.5 Å². The molecule has 0 unspecified atom stereocenters. The van der Waals surface area contributed by atoms with Crippen LogP contribution in [0, 0.1) is 11.6 Å². The zero-order valence-electron chi connectivity index (χ0n) is 14.7. The monoisotopic (exact) mass is 368 g/mol. The molecule has 0 aliphatic heterocycles. The number of hydrogen-bond donors (Lipinski definition) is 0. The van der Waals surface area contributed by atoms with Crippen LogP contribution in [-0.4, -0.2) is 22.1 Å². The first kappa shape index (κ1) is 18.5. The van der Waals surface area contributed by atoms with Gasteiger partial charge in [-0.25, -0.2) is 18.6 Å². The van der Waals surface area contributed by atoms with Crippen LogP contribution in [0.25, 0.3) is 11.6 Å². The van der Waals surface area contributed by atoms with Crippen LogP contribution in [0.3, 0.4) is 0 Å². The van der Waals surface area contributed by atoms with Gasteiger partial charge in [0.25, 0.3) is 0 Å². The summed E-state index contributed by atoms with van der Waals surface area (Å²) in [6, 6.07) is 13.4. The molecule has 27 heavy (non-hydrogen) atoms. The van der Waals surface area contributed by atoms with Gasteiger partial charge in [-0.15, -0.1) is 0 Å². The van der Waals surface area contributed by atoms with Crippen molar-refractivity contribution < 1.29 is 18.3 Å². The summed E-state index contributed by atoms with van der Waals surface area (Å²) in [7, 11) is 0. The van der Waals surface area contributed by atoms with Gasteiger partial charge in [0.05, 0.1) is 6.61 Å². The predicted molar refractivity (Wildman–Crippen MR) is 98.6 cm³/mol. The fraction of sp³-hybridized carbons (Fsp3) is 0.143. The SMILES string of the molecule is CCOC(=O)/C(=C/c1cccc(F)c1F)c1nccn1Cc1ccccc1. The molecule has 0 N–H and O–H groups in total. The van der Waals surface area contributed by atoms with E-state index >= 15 is 0 Å². The van der Waals surface area contributed by atoms with Crippen LogP contribution in [0.1, 0.15) is 23.9 Å². The summed E-state index contributed by atoms with van der Waals surface area (Å²) in [6.45, 7) is 2.30. The smallest absolute Gasteiger partial charge is 0.341 e. The minimum absolute atomic E-state index is 0.0488. The van der Waals surface area contributed by atoms with E-state index in [-0.39, 0.29) is 17.7 Å². The minimum Gasteiger partial charge on any atom is -0.462 e. The number of halogens is 2. The summed E-state index contributed by atoms with van der Waals surface area (Å²) < 4.78 is 34.5. The minimum atomic E-state index is -1.03. The second-order valence-corrected chi connectivity index (χ2v) is 5.79. The molecule has 0 aliphatic carbocycles. The number of carbonyl (C=O) groups is 1. The van der Waals surface area contributed by atoms with Gasteiger partial charge in [0.15, 0.2) is 11.6 Å². The molecule has 1 aromatic heterocycles. The molecule has 0 saturated heterocycles. The Kier molecular flexibility index (Phi) is 5.76. The van der Waals surface area contributed by atoms with Crippen molar-refractivity contribution in [1.29, 1.82) is 0 Å². The molecule has 0 atom stereocenters. The van der Waals surface area contributed by atoms with E-state index in [4.69, 9.17) is 4.74 Å². The van der Waals surface area contributed by atoms with Gasteiger partial charge in [-0.3, -0.25) is 0 Å². The van der Waals surface area contributed by atoms with E-state index in [1.165, 1.54) is 18.2 Å². The molecule has 138 valence electrons. The van der Waals surface area contributed by atoms with E-state index in [1.54, 1.807) is 23.9 Å². The second kappa shape index (κ2) is 8.40. The topological polar surface area (TPSA) is 44.1 Å². The lowest BCUT2D eigenvalue weighted by atomic mass is 10.1. The molecule has 0 saturated carbocycles. The van der Waals surface area contributed by atoms with E-state index in [9.17, 15) is 13.6 Å². The lowest BCUT2D eigenvalue weighted by Crippen LogP contribution is -2.12. The van der Waals surface area contributed by atoms with E-state index in [1.807, 2.05) is 30.3 Å². The Bertz CT molecular complexity index is 965. The maximum absolute atomic E-state index is 14.1. The van der Waals surface area contributed by atoms with Crippen LogP contribution in [0.4, 0.5) is 8.78 Å². The Labute approximate surface area is 155 Å². The normalized spacial score (nSPS) is 11.4. The third kappa shape index (κ3) is 4.28. The van der Waals surface area contributed by atoms with Gasteiger partial charge < -0.3 is 9.30 Å². The molecular weight excluding hydrogens is 350 g/mol. The number of carbonyl (C=O) groups excluding carboxylic acids is 1. The van der Waals surface area contributed by atoms with E-state index < -0.39 is 17.6 Å². The standard InChI is InChI=1S/C21H18F2N2O2/c1-2-27-21(26)17(13-16-9-6-10-18(22)19(16)23)20-24-11-12-25(20)14-15-7-4-3-5-8-15/h3-13H,2,14H2,1H3/b17-13+. The van der Waals surface area contributed by atoms with E-state index in [2.05, 4.69) is 4.98 Å². The average molecular weight is 368 g/mol. The lowest BCUT2D eigenvalue weighted by Gasteiger charge is -2.11. The molecule has 4 nitrogen and oxygen atoms in total. The van der Waals surface area contributed by atoms with Crippen molar-refractivity contribution in [1.82, 2.24) is 9.55 Å². The summed E-state index contributed by atoms with van der Waals surface area (Å²) in [6.07, 6.45) is 4.53. The highest BCUT2D eigenvalue weighted by Gasteiger charge is 2.20. The first-order valence-corrected chi connectivity index (χ1v) is 8.48. The summed E-state index contributed by atoms with van der Waals surface area (Å²) in [5.41, 5.74) is 1.02. The van der Waals surface area contributed by atoms with Gasteiger partial charge in [0.2, 0.25) is 0 Å². The maximum Gasteiger partial charge on any atom is 0.341 e. The highest BCUT2D eigenvalue weighted by Crippen LogP contribution is 2.22. The number of benzene rings is 2. The number of esters is 1. The van der Waals surface area contributed by atoms with Crippen molar-refractivity contribution in [2.75, 3.05) is 6.61 Å². The molecule has 0 fully saturated rings. The first-order chi connectivity index (χ1) is 13.1. The molecule has 0 spiro atoms. The molecule has 1 heterocycles. The third-order valence-electron chi connectivity index (χ3n) is 3.93. The summed E-state index contributed by atoms with van der Waals surface area (Å²) in [4.78, 5) is 16.7. The highest BCUT2D eigenvalue weighted by atomic mass is 19.2. The number of aromatic nitrogens is 2. The van der Waals surface area contributed by atoms with Crippen molar-refractivity contribution in [2.24, 2.45) is 0 Å². The molecule has 0 bridgehead atoms. The molecule has 3 rings (SSSR count). The van der Waals surface area contributed by atoms with Crippen LogP contribution in [0.2, 0.25) is 0 Å². The number of imidazole rings is 1. The molecular formula is C21H18F2N2O2. The fourth-order valence-electron chi connectivity index (χ4n) is 2.67. The van der Waals surface area contributed by atoms with Crippen molar-refractivity contribution >= 4 is 17.6 Å². The fourth-order valence-corrected chi connectivity index (χ4v) is 2.67. The molecule has 0 amide bonds. The van der Waals surface area contributed by atoms with Gasteiger partial charge in [0.1, 0.15) is 11.4 Å². The van der Waals surface area contributed by atoms with Gasteiger partial charge in [-0.05, 0) is 24.6 Å². The van der Waals surface area contributed by atoms with Crippen molar-refractivity contribution in [3.8, 4) is 0 Å². The number of ether oxygens (including phenoxy) is 1. The average Bonchev–Trinajstić information content (AvgIpc) is 3.11. The highest BCUT2D eigenvalue weighted by molar-refractivity contribution is 6.20. The number of hydrogen-bond acceptors (Lipinski definition) is 3. The van der Waals surface area contributed by atoms with Crippen LogP contribution >= 0.6 is 0 Å². The van der Waals surface area contributed by atoms with Gasteiger partial charge in [-0.1, -0.05) is 42.5 Å². The predicted octanol–water partition coefficient (Wildman–Crippen LogP) is 4.31. The number of rotatable bonds is 6. The molecule has 2 aromatic carbocycles. The molecule has 6 heteroatoms. The summed E-state index contributed by atoms with van der Waals surface area (Å²) in [5.74, 6) is -2.34. The van der Waals surface area contributed by atoms with E-state index in [0.717, 1.165) is 11.6 Å². The van der Waals surface area contributed by atoms with Crippen molar-refractivity contribution in [3.63, 3.8) is 0 Å². The van der Waals surface area contributed by atoms with E-state index in [0.29, 0.717) is 12.4 Å². The largest absolute Gasteiger partial charge is 0.462 e. The quantitative estimate of drug-likeness (QED) is 0.481.